The van der Waals surface area contributed by atoms with E-state index in [1.807, 2.05) is 0 Å². The van der Waals surface area contributed by atoms with Crippen molar-refractivity contribution in [3.8, 4) is 0 Å². The molecule has 0 aromatic heterocycles. The summed E-state index contributed by atoms with van der Waals surface area (Å²) in [4.78, 5) is 10.7. The van der Waals surface area contributed by atoms with Crippen LogP contribution in [0.3, 0.4) is 0 Å². The number of rotatable bonds is 4. The second-order valence-corrected chi connectivity index (χ2v) is 2.29. The fraction of sp³-hybridized carbons (Fsp3) is 0.833. The van der Waals surface area contributed by atoms with Crippen molar-refractivity contribution in [1.82, 2.24) is 0 Å². The van der Waals surface area contributed by atoms with Gasteiger partial charge in [-0.1, -0.05) is 0 Å². The van der Waals surface area contributed by atoms with E-state index >= 15 is 0 Å². The second kappa shape index (κ2) is 4.40. The van der Waals surface area contributed by atoms with Crippen LogP contribution in [0.2, 0.25) is 0 Å². The summed E-state index contributed by atoms with van der Waals surface area (Å²) in [6.45, 7) is 0.468. The average molecular weight is 164 g/mol. The Morgan fingerprint density at radius 2 is 1.82 bits per heavy atom. The molecule has 0 aliphatic carbocycles. The SMILES string of the molecule is C[C@@H](O)[C@H](O)C(=O)C(O)CO. The lowest BCUT2D eigenvalue weighted by molar-refractivity contribution is -0.142. The molecule has 0 aromatic carbocycles. The Bertz CT molecular complexity index is 133. The summed E-state index contributed by atoms with van der Waals surface area (Å²) in [5.41, 5.74) is 0. The van der Waals surface area contributed by atoms with Gasteiger partial charge >= 0.3 is 0 Å². The van der Waals surface area contributed by atoms with Crippen molar-refractivity contribution in [3.05, 3.63) is 0 Å². The van der Waals surface area contributed by atoms with E-state index in [1.165, 1.54) is 6.92 Å². The first-order chi connectivity index (χ1) is 5.00. The van der Waals surface area contributed by atoms with Crippen LogP contribution in [-0.4, -0.2) is 51.1 Å². The van der Waals surface area contributed by atoms with E-state index in [9.17, 15) is 4.79 Å². The predicted molar refractivity (Wildman–Crippen MR) is 35.8 cm³/mol. The Hall–Kier alpha value is -0.490. The van der Waals surface area contributed by atoms with Crippen LogP contribution in [0.1, 0.15) is 6.92 Å². The molecule has 5 heteroatoms. The summed E-state index contributed by atoms with van der Waals surface area (Å²) in [6.07, 6.45) is -4.47. The van der Waals surface area contributed by atoms with Crippen LogP contribution in [0.4, 0.5) is 0 Å². The molecule has 3 atom stereocenters. The van der Waals surface area contributed by atoms with Gasteiger partial charge in [-0.2, -0.15) is 0 Å². The highest BCUT2D eigenvalue weighted by molar-refractivity contribution is 5.87. The molecule has 0 radical (unpaired) electrons. The number of aliphatic hydroxyl groups excluding tert-OH is 4. The van der Waals surface area contributed by atoms with Crippen LogP contribution < -0.4 is 0 Å². The maximum atomic E-state index is 10.7. The van der Waals surface area contributed by atoms with Gasteiger partial charge in [0.1, 0.15) is 12.2 Å². The van der Waals surface area contributed by atoms with Crippen molar-refractivity contribution in [2.75, 3.05) is 6.61 Å². The van der Waals surface area contributed by atoms with Gasteiger partial charge in [-0.15, -0.1) is 0 Å². The van der Waals surface area contributed by atoms with Crippen LogP contribution in [0.15, 0.2) is 0 Å². The van der Waals surface area contributed by atoms with E-state index in [1.54, 1.807) is 0 Å². The Kier molecular flexibility index (Phi) is 4.20. The Morgan fingerprint density at radius 3 is 2.09 bits per heavy atom. The van der Waals surface area contributed by atoms with Gasteiger partial charge in [-0.3, -0.25) is 4.79 Å². The predicted octanol–water partition coefficient (Wildman–Crippen LogP) is -2.35. The summed E-state index contributed by atoms with van der Waals surface area (Å²) in [7, 11) is 0. The molecule has 66 valence electrons. The number of ketones is 1. The summed E-state index contributed by atoms with van der Waals surface area (Å²) < 4.78 is 0. The number of hydrogen-bond acceptors (Lipinski definition) is 5. The van der Waals surface area contributed by atoms with Gasteiger partial charge in [-0.05, 0) is 6.92 Å². The standard InChI is InChI=1S/C6H12O5/c1-3(8)5(10)6(11)4(9)2-7/h3-5,7-10H,2H2,1H3/t3-,4?,5+/m1/s1. The molecule has 0 heterocycles. The smallest absolute Gasteiger partial charge is 0.194 e. The van der Waals surface area contributed by atoms with Gasteiger partial charge in [0.2, 0.25) is 0 Å². The molecule has 0 amide bonds. The van der Waals surface area contributed by atoms with Crippen LogP contribution in [0.5, 0.6) is 0 Å². The maximum Gasteiger partial charge on any atom is 0.194 e. The fourth-order valence-electron chi connectivity index (χ4n) is 0.525. The molecule has 0 aliphatic heterocycles. The van der Waals surface area contributed by atoms with Crippen LogP contribution in [-0.2, 0) is 4.79 Å². The molecule has 11 heavy (non-hydrogen) atoms. The van der Waals surface area contributed by atoms with Crippen LogP contribution >= 0.6 is 0 Å². The van der Waals surface area contributed by atoms with Crippen molar-refractivity contribution < 1.29 is 25.2 Å². The molecule has 0 saturated carbocycles. The number of aliphatic hydroxyl groups is 4. The number of Topliss-reactive ketones (excluding diaryl/α,β-unsaturated/α-hetero) is 1. The van der Waals surface area contributed by atoms with Crippen molar-refractivity contribution >= 4 is 5.78 Å². The molecule has 4 N–H and O–H groups in total. The van der Waals surface area contributed by atoms with E-state index in [2.05, 4.69) is 0 Å². The molecule has 0 bridgehead atoms. The molecule has 0 rings (SSSR count). The van der Waals surface area contributed by atoms with Gasteiger partial charge in [0, 0.05) is 0 Å². The third-order valence-corrected chi connectivity index (χ3v) is 1.25. The molecule has 0 saturated heterocycles. The van der Waals surface area contributed by atoms with E-state index in [4.69, 9.17) is 20.4 Å². The molecular formula is C6H12O5. The van der Waals surface area contributed by atoms with E-state index < -0.39 is 30.7 Å². The van der Waals surface area contributed by atoms with Crippen molar-refractivity contribution in [3.63, 3.8) is 0 Å². The monoisotopic (exact) mass is 164 g/mol. The zero-order valence-electron chi connectivity index (χ0n) is 6.14. The average Bonchev–Trinajstić information content (AvgIpc) is 2.00. The normalized spacial score (nSPS) is 19.0. The summed E-state index contributed by atoms with van der Waals surface area (Å²) >= 11 is 0. The Labute approximate surface area is 63.9 Å². The van der Waals surface area contributed by atoms with Gasteiger partial charge in [0.25, 0.3) is 0 Å². The highest BCUT2D eigenvalue weighted by Gasteiger charge is 2.26. The number of carbonyl (C=O) groups excluding carboxylic acids is 1. The minimum absolute atomic E-state index is 0.747. The van der Waals surface area contributed by atoms with Gasteiger partial charge in [0.15, 0.2) is 5.78 Å². The van der Waals surface area contributed by atoms with Gasteiger partial charge < -0.3 is 20.4 Å². The Balaban J connectivity index is 4.02. The largest absolute Gasteiger partial charge is 0.393 e. The van der Waals surface area contributed by atoms with Crippen molar-refractivity contribution in [2.24, 2.45) is 0 Å². The lowest BCUT2D eigenvalue weighted by atomic mass is 10.1. The molecule has 0 aromatic rings. The lowest BCUT2D eigenvalue weighted by Crippen LogP contribution is -2.40. The minimum atomic E-state index is -1.63. The third-order valence-electron chi connectivity index (χ3n) is 1.25. The first kappa shape index (κ1) is 10.5. The fourth-order valence-corrected chi connectivity index (χ4v) is 0.525. The first-order valence-corrected chi connectivity index (χ1v) is 3.19. The number of hydrogen-bond donors (Lipinski definition) is 4. The van der Waals surface area contributed by atoms with E-state index in [-0.39, 0.29) is 0 Å². The van der Waals surface area contributed by atoms with Crippen LogP contribution in [0.25, 0.3) is 0 Å². The van der Waals surface area contributed by atoms with Gasteiger partial charge in [0.05, 0.1) is 12.7 Å². The van der Waals surface area contributed by atoms with Crippen molar-refractivity contribution in [1.29, 1.82) is 0 Å². The summed E-state index contributed by atoms with van der Waals surface area (Å²) in [5.74, 6) is -0.970. The molecule has 0 fully saturated rings. The topological polar surface area (TPSA) is 98.0 Å². The molecule has 1 unspecified atom stereocenters. The molecule has 0 aliphatic rings. The van der Waals surface area contributed by atoms with Crippen molar-refractivity contribution in [2.45, 2.75) is 25.2 Å². The lowest BCUT2D eigenvalue weighted by Gasteiger charge is -2.14. The third kappa shape index (κ3) is 2.94. The first-order valence-electron chi connectivity index (χ1n) is 3.19. The van der Waals surface area contributed by atoms with E-state index in [0.717, 1.165) is 0 Å². The summed E-state index contributed by atoms with van der Waals surface area (Å²) in [5, 5.41) is 34.4. The molecule has 0 spiro atoms. The van der Waals surface area contributed by atoms with E-state index in [0.29, 0.717) is 0 Å². The second-order valence-electron chi connectivity index (χ2n) is 2.29. The van der Waals surface area contributed by atoms with Gasteiger partial charge in [-0.25, -0.2) is 0 Å². The highest BCUT2D eigenvalue weighted by atomic mass is 16.4. The zero-order chi connectivity index (χ0) is 9.02. The highest BCUT2D eigenvalue weighted by Crippen LogP contribution is 1.97. The zero-order valence-corrected chi connectivity index (χ0v) is 6.14. The molecule has 5 nitrogen and oxygen atoms in total. The number of carbonyl (C=O) groups is 1. The molecular weight excluding hydrogens is 152 g/mol. The quantitative estimate of drug-likeness (QED) is 0.373. The maximum absolute atomic E-state index is 10.7. The summed E-state index contributed by atoms with van der Waals surface area (Å²) in [6, 6.07) is 0. The van der Waals surface area contributed by atoms with Crippen LogP contribution in [0, 0.1) is 0 Å². The minimum Gasteiger partial charge on any atom is -0.393 e. The Morgan fingerprint density at radius 1 is 1.36 bits per heavy atom.